The summed E-state index contributed by atoms with van der Waals surface area (Å²) in [5.74, 6) is 0.925. The number of likely N-dealkylation sites (tertiary alicyclic amines) is 1. The molecule has 1 fully saturated rings. The number of hydrogen-bond acceptors (Lipinski definition) is 2. The van der Waals surface area contributed by atoms with Crippen LogP contribution in [0.1, 0.15) is 53.9 Å². The van der Waals surface area contributed by atoms with E-state index in [1.54, 1.807) is 0 Å². The quantitative estimate of drug-likeness (QED) is 0.794. The van der Waals surface area contributed by atoms with Crippen molar-refractivity contribution in [1.82, 2.24) is 10.2 Å². The third kappa shape index (κ3) is 4.97. The van der Waals surface area contributed by atoms with E-state index in [0.29, 0.717) is 11.5 Å². The third-order valence-electron chi connectivity index (χ3n) is 4.42. The van der Waals surface area contributed by atoms with E-state index in [2.05, 4.69) is 44.8 Å². The molecule has 0 aromatic heterocycles. The smallest absolute Gasteiger partial charge is 0.0102 e. The second kappa shape index (κ2) is 6.75. The summed E-state index contributed by atoms with van der Waals surface area (Å²) < 4.78 is 0. The summed E-state index contributed by atoms with van der Waals surface area (Å²) in [6.07, 6.45) is 4.18. The number of rotatable bonds is 5. The predicted octanol–water partition coefficient (Wildman–Crippen LogP) is 3.13. The van der Waals surface area contributed by atoms with Gasteiger partial charge in [-0.05, 0) is 57.2 Å². The molecule has 0 aromatic carbocycles. The fourth-order valence-corrected chi connectivity index (χ4v) is 2.78. The minimum absolute atomic E-state index is 0.365. The second-order valence-electron chi connectivity index (χ2n) is 6.58. The first kappa shape index (κ1) is 15.0. The summed E-state index contributed by atoms with van der Waals surface area (Å²) in [6, 6.07) is 0.591. The first-order valence-corrected chi connectivity index (χ1v) is 7.41. The van der Waals surface area contributed by atoms with Gasteiger partial charge in [-0.2, -0.15) is 0 Å². The Morgan fingerprint density at radius 2 is 2.00 bits per heavy atom. The van der Waals surface area contributed by atoms with E-state index in [9.17, 15) is 0 Å². The summed E-state index contributed by atoms with van der Waals surface area (Å²) in [4.78, 5) is 2.68. The zero-order valence-corrected chi connectivity index (χ0v) is 12.6. The molecule has 1 rings (SSSR count). The van der Waals surface area contributed by atoms with Crippen LogP contribution in [-0.4, -0.2) is 37.1 Å². The Labute approximate surface area is 108 Å². The van der Waals surface area contributed by atoms with Crippen molar-refractivity contribution in [3.05, 3.63) is 0 Å². The van der Waals surface area contributed by atoms with Crippen LogP contribution in [0.5, 0.6) is 0 Å². The van der Waals surface area contributed by atoms with E-state index in [1.807, 2.05) is 0 Å². The molecule has 0 spiro atoms. The minimum atomic E-state index is 0.365. The lowest BCUT2D eigenvalue weighted by Gasteiger charge is -2.37. The molecule has 0 bridgehead atoms. The average Bonchev–Trinajstić information content (AvgIpc) is 2.44. The molecule has 0 aliphatic carbocycles. The van der Waals surface area contributed by atoms with Gasteiger partial charge < -0.3 is 10.2 Å². The maximum atomic E-state index is 3.57. The molecule has 0 amide bonds. The largest absolute Gasteiger partial charge is 0.314 e. The molecular weight excluding hydrogens is 208 g/mol. The lowest BCUT2D eigenvalue weighted by molar-refractivity contribution is 0.146. The number of hydrogen-bond donors (Lipinski definition) is 1. The zero-order valence-electron chi connectivity index (χ0n) is 12.6. The van der Waals surface area contributed by atoms with E-state index < -0.39 is 0 Å². The fourth-order valence-electron chi connectivity index (χ4n) is 2.78. The van der Waals surface area contributed by atoms with E-state index >= 15 is 0 Å². The van der Waals surface area contributed by atoms with Gasteiger partial charge in [0.05, 0.1) is 0 Å². The van der Waals surface area contributed by atoms with Crippen LogP contribution in [0.25, 0.3) is 0 Å². The third-order valence-corrected chi connectivity index (χ3v) is 4.42. The van der Waals surface area contributed by atoms with Gasteiger partial charge in [0.2, 0.25) is 0 Å². The predicted molar refractivity (Wildman–Crippen MR) is 76.4 cm³/mol. The monoisotopic (exact) mass is 240 g/mol. The lowest BCUT2D eigenvalue weighted by atomic mass is 9.84. The molecule has 0 saturated carbocycles. The number of nitrogens with one attached hydrogen (secondary N) is 1. The minimum Gasteiger partial charge on any atom is -0.314 e. The van der Waals surface area contributed by atoms with Crippen LogP contribution in [0.4, 0.5) is 0 Å². The van der Waals surface area contributed by atoms with E-state index in [1.165, 1.54) is 38.9 Å². The van der Waals surface area contributed by atoms with Gasteiger partial charge in [0.25, 0.3) is 0 Å². The van der Waals surface area contributed by atoms with Crippen LogP contribution in [-0.2, 0) is 0 Å². The van der Waals surface area contributed by atoms with Crippen LogP contribution >= 0.6 is 0 Å². The van der Waals surface area contributed by atoms with Gasteiger partial charge in [-0.1, -0.05) is 27.7 Å². The lowest BCUT2D eigenvalue weighted by Crippen LogP contribution is -2.47. The van der Waals surface area contributed by atoms with E-state index in [0.717, 1.165) is 12.5 Å². The van der Waals surface area contributed by atoms with Crippen molar-refractivity contribution >= 4 is 0 Å². The Balaban J connectivity index is 2.45. The summed E-state index contributed by atoms with van der Waals surface area (Å²) in [6.45, 7) is 16.6. The molecule has 1 heterocycles. The second-order valence-corrected chi connectivity index (χ2v) is 6.58. The zero-order chi connectivity index (χ0) is 12.9. The Hall–Kier alpha value is -0.0800. The van der Waals surface area contributed by atoms with Crippen molar-refractivity contribution in [3.8, 4) is 0 Å². The highest BCUT2D eigenvalue weighted by Gasteiger charge is 2.28. The highest BCUT2D eigenvalue weighted by molar-refractivity contribution is 4.84. The van der Waals surface area contributed by atoms with Crippen molar-refractivity contribution in [2.75, 3.05) is 26.2 Å². The summed E-state index contributed by atoms with van der Waals surface area (Å²) in [7, 11) is 0. The maximum absolute atomic E-state index is 3.57. The molecule has 2 atom stereocenters. The van der Waals surface area contributed by atoms with Gasteiger partial charge in [-0.15, -0.1) is 0 Å². The molecule has 1 aliphatic rings. The highest BCUT2D eigenvalue weighted by atomic mass is 15.1. The molecule has 2 nitrogen and oxygen atoms in total. The van der Waals surface area contributed by atoms with Crippen LogP contribution in [0.2, 0.25) is 0 Å². The molecular formula is C15H32N2. The Morgan fingerprint density at radius 1 is 1.29 bits per heavy atom. The first-order valence-electron chi connectivity index (χ1n) is 7.41. The number of nitrogens with zero attached hydrogens (tertiary/aromatic N) is 1. The van der Waals surface area contributed by atoms with E-state index in [-0.39, 0.29) is 0 Å². The van der Waals surface area contributed by atoms with Crippen LogP contribution in [0.3, 0.4) is 0 Å². The molecule has 0 aromatic rings. The summed E-state index contributed by atoms with van der Waals surface area (Å²) >= 11 is 0. The fraction of sp³-hybridized carbons (Fsp3) is 1.00. The van der Waals surface area contributed by atoms with Gasteiger partial charge in [0, 0.05) is 12.6 Å². The van der Waals surface area contributed by atoms with Crippen LogP contribution in [0.15, 0.2) is 0 Å². The molecule has 1 saturated heterocycles. The van der Waals surface area contributed by atoms with E-state index in [4.69, 9.17) is 0 Å². The van der Waals surface area contributed by atoms with Crippen LogP contribution < -0.4 is 5.32 Å². The van der Waals surface area contributed by atoms with Crippen LogP contribution in [0, 0.1) is 11.3 Å². The summed E-state index contributed by atoms with van der Waals surface area (Å²) in [5, 5.41) is 3.57. The standard InChI is InChI=1S/C15H32N2/c1-6-16-14(3)15(4,5)12-17-10-7-8-13(2)9-11-17/h13-14,16H,6-12H2,1-5H3. The molecule has 102 valence electrons. The van der Waals surface area contributed by atoms with Gasteiger partial charge in [0.1, 0.15) is 0 Å². The molecule has 2 heteroatoms. The summed E-state index contributed by atoms with van der Waals surface area (Å²) in [5.41, 5.74) is 0.365. The van der Waals surface area contributed by atoms with Gasteiger partial charge in [0.15, 0.2) is 0 Å². The van der Waals surface area contributed by atoms with Crippen molar-refractivity contribution < 1.29 is 0 Å². The topological polar surface area (TPSA) is 15.3 Å². The molecule has 2 unspecified atom stereocenters. The molecule has 17 heavy (non-hydrogen) atoms. The Kier molecular flexibility index (Phi) is 5.94. The average molecular weight is 240 g/mol. The van der Waals surface area contributed by atoms with Crippen molar-refractivity contribution in [2.24, 2.45) is 11.3 Å². The first-order chi connectivity index (χ1) is 7.95. The normalized spacial score (nSPS) is 25.6. The molecule has 0 radical (unpaired) electrons. The maximum Gasteiger partial charge on any atom is 0.0102 e. The van der Waals surface area contributed by atoms with Crippen molar-refractivity contribution in [2.45, 2.75) is 59.9 Å². The van der Waals surface area contributed by atoms with Gasteiger partial charge in [-0.25, -0.2) is 0 Å². The SMILES string of the molecule is CCNC(C)C(C)(C)CN1CCCC(C)CC1. The van der Waals surface area contributed by atoms with Crippen molar-refractivity contribution in [1.29, 1.82) is 0 Å². The molecule has 1 N–H and O–H groups in total. The van der Waals surface area contributed by atoms with Crippen molar-refractivity contribution in [3.63, 3.8) is 0 Å². The highest BCUT2D eigenvalue weighted by Crippen LogP contribution is 2.25. The Morgan fingerprint density at radius 3 is 2.65 bits per heavy atom. The van der Waals surface area contributed by atoms with Gasteiger partial charge in [-0.3, -0.25) is 0 Å². The van der Waals surface area contributed by atoms with Gasteiger partial charge >= 0.3 is 0 Å². The molecule has 1 aliphatic heterocycles. The Bertz CT molecular complexity index is 213.